The summed E-state index contributed by atoms with van der Waals surface area (Å²) in [7, 11) is 0. The lowest BCUT2D eigenvalue weighted by molar-refractivity contribution is 0.0945. The number of pyridine rings is 1. The minimum Gasteiger partial charge on any atom is -0.377 e. The highest BCUT2D eigenvalue weighted by molar-refractivity contribution is 6.31. The maximum Gasteiger partial charge on any atom is 0.196 e. The minimum absolute atomic E-state index is 0.00907. The molecule has 0 saturated heterocycles. The number of aromatic amines is 1. The Morgan fingerprint density at radius 2 is 1.69 bits per heavy atom. The van der Waals surface area contributed by atoms with Crippen molar-refractivity contribution in [2.24, 2.45) is 5.92 Å². The van der Waals surface area contributed by atoms with E-state index in [1.165, 1.54) is 0 Å². The number of H-pyrrole nitrogens is 1. The third-order valence-electron chi connectivity index (χ3n) is 4.98. The normalized spacial score (nSPS) is 20.3. The number of nitrogens with one attached hydrogen (secondary N) is 2. The van der Waals surface area contributed by atoms with Gasteiger partial charge in [0, 0.05) is 42.8 Å². The number of carbonyl (C=O) groups is 1. The van der Waals surface area contributed by atoms with Crippen molar-refractivity contribution in [3.63, 3.8) is 0 Å². The van der Waals surface area contributed by atoms with Gasteiger partial charge in [0.05, 0.1) is 12.0 Å². The van der Waals surface area contributed by atoms with E-state index in [1.54, 1.807) is 36.4 Å². The summed E-state index contributed by atoms with van der Waals surface area (Å²) in [6, 6.07) is 10.1. The molecule has 26 heavy (non-hydrogen) atoms. The summed E-state index contributed by atoms with van der Waals surface area (Å²) in [6.07, 6.45) is 3.66. The van der Waals surface area contributed by atoms with Gasteiger partial charge in [0.1, 0.15) is 0 Å². The molecule has 6 heteroatoms. The largest absolute Gasteiger partial charge is 0.377 e. The molecule has 2 atom stereocenters. The number of hydrogen-bond donors (Lipinski definition) is 2. The zero-order valence-electron chi connectivity index (χ0n) is 13.3. The molecule has 4 nitrogen and oxygen atoms in total. The summed E-state index contributed by atoms with van der Waals surface area (Å²) in [6.45, 7) is 0. The predicted octanol–water partition coefficient (Wildman–Crippen LogP) is 2.70. The van der Waals surface area contributed by atoms with Crippen LogP contribution in [0, 0.1) is 5.92 Å². The summed E-state index contributed by atoms with van der Waals surface area (Å²) < 4.78 is 0. The number of anilines is 1. The molecule has 0 radical (unpaired) electrons. The molecule has 1 aliphatic carbocycles. The van der Waals surface area contributed by atoms with Crippen LogP contribution in [-0.4, -0.2) is 16.8 Å². The molecular weight excluding hydrogens is 371 g/mol. The van der Waals surface area contributed by atoms with Gasteiger partial charge in [-0.2, -0.15) is 0 Å². The van der Waals surface area contributed by atoms with Crippen molar-refractivity contribution < 1.29 is 4.79 Å². The van der Waals surface area contributed by atoms with E-state index in [4.69, 9.17) is 23.2 Å². The van der Waals surface area contributed by atoms with E-state index >= 15 is 0 Å². The standard InChI is InChI=1S/C20H12Cl2N2O2/c21-9-1-3-15-11(5-9)19(25)13-8-18-14(7-17(13)23-15)20(26)12-6-10(22)2-4-16(12)24-18/h1-8,13,17,23-24H. The van der Waals surface area contributed by atoms with Gasteiger partial charge in [-0.05, 0) is 48.6 Å². The molecule has 1 aliphatic heterocycles. The summed E-state index contributed by atoms with van der Waals surface area (Å²) in [4.78, 5) is 29.1. The zero-order valence-corrected chi connectivity index (χ0v) is 14.9. The number of fused-ring (bicyclic) bond motifs is 4. The van der Waals surface area contributed by atoms with E-state index in [9.17, 15) is 9.59 Å². The fourth-order valence-electron chi connectivity index (χ4n) is 3.73. The Bertz CT molecular complexity index is 1290. The number of halogens is 2. The molecule has 2 aliphatic rings. The predicted molar refractivity (Wildman–Crippen MR) is 104 cm³/mol. The number of rotatable bonds is 0. The first-order valence-electron chi connectivity index (χ1n) is 8.17. The van der Waals surface area contributed by atoms with E-state index in [-0.39, 0.29) is 17.3 Å². The average molecular weight is 383 g/mol. The van der Waals surface area contributed by atoms with Gasteiger partial charge in [-0.3, -0.25) is 9.59 Å². The van der Waals surface area contributed by atoms with E-state index in [0.29, 0.717) is 37.1 Å². The lowest BCUT2D eigenvalue weighted by atomic mass is 9.83. The van der Waals surface area contributed by atoms with Gasteiger partial charge in [-0.1, -0.05) is 23.2 Å². The summed E-state index contributed by atoms with van der Waals surface area (Å²) in [5.74, 6) is -0.404. The fraction of sp³-hybridized carbons (Fsp3) is 0.100. The van der Waals surface area contributed by atoms with Crippen molar-refractivity contribution in [3.8, 4) is 0 Å². The van der Waals surface area contributed by atoms with Crippen molar-refractivity contribution >= 4 is 57.7 Å². The van der Waals surface area contributed by atoms with Crippen LogP contribution in [0.2, 0.25) is 10.0 Å². The van der Waals surface area contributed by atoms with E-state index < -0.39 is 5.92 Å². The Morgan fingerprint density at radius 3 is 2.54 bits per heavy atom. The van der Waals surface area contributed by atoms with Crippen LogP contribution in [-0.2, 0) is 0 Å². The van der Waals surface area contributed by atoms with Crippen LogP contribution < -0.4 is 21.3 Å². The van der Waals surface area contributed by atoms with Crippen molar-refractivity contribution in [2.75, 3.05) is 5.32 Å². The van der Waals surface area contributed by atoms with Crippen LogP contribution in [0.3, 0.4) is 0 Å². The van der Waals surface area contributed by atoms with Gasteiger partial charge in [-0.25, -0.2) is 0 Å². The SMILES string of the molecule is O=C1c2cc(Cl)ccc2NC2C=c3c([nH]c4ccc(Cl)cc4c3=O)=CC12. The maximum absolute atomic E-state index is 12.9. The Balaban J connectivity index is 1.77. The van der Waals surface area contributed by atoms with Crippen LogP contribution in [0.1, 0.15) is 10.4 Å². The van der Waals surface area contributed by atoms with Crippen LogP contribution in [0.5, 0.6) is 0 Å². The lowest BCUT2D eigenvalue weighted by Gasteiger charge is -2.31. The molecule has 2 aromatic carbocycles. The van der Waals surface area contributed by atoms with E-state index in [1.807, 2.05) is 12.2 Å². The maximum atomic E-state index is 12.9. The van der Waals surface area contributed by atoms with Crippen molar-refractivity contribution in [3.05, 3.63) is 72.8 Å². The third kappa shape index (κ3) is 2.23. The molecule has 1 aromatic heterocycles. The average Bonchev–Trinajstić information content (AvgIpc) is 2.63. The molecule has 2 heterocycles. The molecule has 5 rings (SSSR count). The summed E-state index contributed by atoms with van der Waals surface area (Å²) in [5.41, 5.74) is 1.90. The molecular formula is C20H12Cl2N2O2. The van der Waals surface area contributed by atoms with Gasteiger partial charge in [0.15, 0.2) is 11.2 Å². The highest BCUT2D eigenvalue weighted by Crippen LogP contribution is 2.32. The van der Waals surface area contributed by atoms with Crippen LogP contribution in [0.4, 0.5) is 5.69 Å². The molecule has 2 unspecified atom stereocenters. The lowest BCUT2D eigenvalue weighted by Crippen LogP contribution is -2.50. The number of aromatic nitrogens is 1. The van der Waals surface area contributed by atoms with Gasteiger partial charge >= 0.3 is 0 Å². The smallest absolute Gasteiger partial charge is 0.196 e. The van der Waals surface area contributed by atoms with Gasteiger partial charge in [0.25, 0.3) is 0 Å². The first-order valence-corrected chi connectivity index (χ1v) is 8.92. The van der Waals surface area contributed by atoms with Crippen LogP contribution in [0.25, 0.3) is 23.1 Å². The Kier molecular flexibility index (Phi) is 3.30. The summed E-state index contributed by atoms with van der Waals surface area (Å²) >= 11 is 12.1. The van der Waals surface area contributed by atoms with Crippen LogP contribution in [0.15, 0.2) is 41.2 Å². The Labute approximate surface area is 157 Å². The molecule has 0 spiro atoms. The number of ketones is 1. The monoisotopic (exact) mass is 382 g/mol. The number of Topliss-reactive ketones (excluding diaryl/α,β-unsaturated/α-hetero) is 1. The first kappa shape index (κ1) is 15.7. The number of hydrogen-bond acceptors (Lipinski definition) is 3. The second kappa shape index (κ2) is 5.47. The molecule has 0 amide bonds. The molecule has 2 N–H and O–H groups in total. The molecule has 128 valence electrons. The molecule has 0 saturated carbocycles. The van der Waals surface area contributed by atoms with Crippen molar-refractivity contribution in [1.29, 1.82) is 0 Å². The molecule has 0 bridgehead atoms. The summed E-state index contributed by atoms with van der Waals surface area (Å²) in [5, 5.41) is 6.12. The Hall–Kier alpha value is -2.56. The highest BCUT2D eigenvalue weighted by atomic mass is 35.5. The molecule has 0 fully saturated rings. The molecule has 3 aromatic rings. The van der Waals surface area contributed by atoms with E-state index in [2.05, 4.69) is 10.3 Å². The first-order chi connectivity index (χ1) is 12.5. The number of carbonyl (C=O) groups excluding carboxylic acids is 1. The number of benzene rings is 2. The van der Waals surface area contributed by atoms with Crippen molar-refractivity contribution in [1.82, 2.24) is 4.98 Å². The second-order valence-electron chi connectivity index (χ2n) is 6.55. The zero-order chi connectivity index (χ0) is 18.0. The fourth-order valence-corrected chi connectivity index (χ4v) is 4.08. The van der Waals surface area contributed by atoms with Gasteiger partial charge in [-0.15, -0.1) is 0 Å². The third-order valence-corrected chi connectivity index (χ3v) is 5.45. The topological polar surface area (TPSA) is 62.0 Å². The van der Waals surface area contributed by atoms with E-state index in [0.717, 1.165) is 5.69 Å². The Morgan fingerprint density at radius 1 is 0.923 bits per heavy atom. The van der Waals surface area contributed by atoms with Crippen molar-refractivity contribution in [2.45, 2.75) is 6.04 Å². The van der Waals surface area contributed by atoms with Crippen LogP contribution >= 0.6 is 23.2 Å². The minimum atomic E-state index is -0.395. The second-order valence-corrected chi connectivity index (χ2v) is 7.43. The van der Waals surface area contributed by atoms with Gasteiger partial charge in [0.2, 0.25) is 0 Å². The highest BCUT2D eigenvalue weighted by Gasteiger charge is 2.34. The quantitative estimate of drug-likeness (QED) is 0.628. The van der Waals surface area contributed by atoms with Gasteiger partial charge < -0.3 is 10.3 Å².